The Kier molecular flexibility index (Phi) is 6.45. The van der Waals surface area contributed by atoms with Crippen LogP contribution in [0.1, 0.15) is 44.0 Å². The third-order valence-corrected chi connectivity index (χ3v) is 5.18. The van der Waals surface area contributed by atoms with Gasteiger partial charge in [-0.1, -0.05) is 32.4 Å². The van der Waals surface area contributed by atoms with Crippen LogP contribution in [-0.2, 0) is 9.59 Å². The van der Waals surface area contributed by atoms with Crippen molar-refractivity contribution in [2.24, 2.45) is 0 Å². The van der Waals surface area contributed by atoms with Crippen LogP contribution in [0.4, 0.5) is 4.39 Å². The average Bonchev–Trinajstić information content (AvgIpc) is 2.99. The van der Waals surface area contributed by atoms with Gasteiger partial charge >= 0.3 is 0 Å². The van der Waals surface area contributed by atoms with Crippen molar-refractivity contribution < 1.29 is 14.0 Å². The van der Waals surface area contributed by atoms with E-state index in [2.05, 4.69) is 12.2 Å². The van der Waals surface area contributed by atoms with Crippen molar-refractivity contribution in [3.63, 3.8) is 0 Å². The summed E-state index contributed by atoms with van der Waals surface area (Å²) in [6.45, 7) is 4.46. The van der Waals surface area contributed by atoms with E-state index in [9.17, 15) is 14.0 Å². The molecule has 0 aliphatic carbocycles. The van der Waals surface area contributed by atoms with Crippen molar-refractivity contribution in [2.45, 2.75) is 44.5 Å². The molecule has 1 saturated heterocycles. The van der Waals surface area contributed by atoms with Crippen LogP contribution in [0.2, 0.25) is 0 Å². The monoisotopic (exact) mass is 338 g/mol. The third kappa shape index (κ3) is 4.25. The molecule has 0 spiro atoms. The second-order valence-electron chi connectivity index (χ2n) is 5.56. The van der Waals surface area contributed by atoms with Crippen LogP contribution in [0.5, 0.6) is 0 Å². The van der Waals surface area contributed by atoms with Crippen LogP contribution >= 0.6 is 11.8 Å². The first-order valence-electron chi connectivity index (χ1n) is 8.04. The number of amides is 2. The Hall–Kier alpha value is -1.56. The Balaban J connectivity index is 2.18. The van der Waals surface area contributed by atoms with Gasteiger partial charge in [-0.05, 0) is 24.1 Å². The third-order valence-electron chi connectivity index (χ3n) is 3.86. The van der Waals surface area contributed by atoms with Gasteiger partial charge < -0.3 is 10.2 Å². The molecule has 2 amide bonds. The molecule has 1 aliphatic rings. The molecule has 0 radical (unpaired) electrons. The van der Waals surface area contributed by atoms with Gasteiger partial charge in [-0.15, -0.1) is 11.8 Å². The van der Waals surface area contributed by atoms with E-state index in [4.69, 9.17) is 0 Å². The van der Waals surface area contributed by atoms with E-state index in [1.165, 1.54) is 23.9 Å². The highest BCUT2D eigenvalue weighted by Gasteiger charge is 2.41. The van der Waals surface area contributed by atoms with Gasteiger partial charge in [0, 0.05) is 18.7 Å². The molecule has 0 aromatic heterocycles. The number of nitrogens with one attached hydrogen (secondary N) is 1. The zero-order valence-electron chi connectivity index (χ0n) is 13.5. The number of thioether (sulfide) groups is 1. The minimum atomic E-state index is -0.488. The maximum atomic E-state index is 13.5. The van der Waals surface area contributed by atoms with Crippen LogP contribution in [0, 0.1) is 5.82 Å². The van der Waals surface area contributed by atoms with Gasteiger partial charge in [-0.25, -0.2) is 4.39 Å². The van der Waals surface area contributed by atoms with Crippen molar-refractivity contribution >= 4 is 23.6 Å². The largest absolute Gasteiger partial charge is 0.354 e. The van der Waals surface area contributed by atoms with Crippen LogP contribution < -0.4 is 5.32 Å². The van der Waals surface area contributed by atoms with Crippen molar-refractivity contribution in [3.8, 4) is 0 Å². The van der Waals surface area contributed by atoms with Crippen LogP contribution in [0.3, 0.4) is 0 Å². The highest BCUT2D eigenvalue weighted by molar-refractivity contribution is 7.99. The lowest BCUT2D eigenvalue weighted by Crippen LogP contribution is -2.48. The molecule has 0 saturated carbocycles. The first-order chi connectivity index (χ1) is 11.1. The summed E-state index contributed by atoms with van der Waals surface area (Å²) in [5.41, 5.74) is 0.723. The molecule has 1 aromatic carbocycles. The van der Waals surface area contributed by atoms with Gasteiger partial charge in [-0.2, -0.15) is 0 Å². The Morgan fingerprint density at radius 2 is 2.17 bits per heavy atom. The van der Waals surface area contributed by atoms with E-state index in [-0.39, 0.29) is 23.0 Å². The minimum Gasteiger partial charge on any atom is -0.354 e. The molecule has 23 heavy (non-hydrogen) atoms. The molecule has 6 heteroatoms. The number of carbonyl (C=O) groups is 2. The fourth-order valence-electron chi connectivity index (χ4n) is 2.62. The number of nitrogens with zero attached hydrogens (tertiary/aromatic N) is 1. The molecular formula is C17H23FN2O2S. The van der Waals surface area contributed by atoms with E-state index in [0.717, 1.165) is 18.4 Å². The zero-order chi connectivity index (χ0) is 16.8. The molecule has 0 unspecified atom stereocenters. The van der Waals surface area contributed by atoms with E-state index < -0.39 is 6.04 Å². The number of benzene rings is 1. The Morgan fingerprint density at radius 3 is 2.83 bits per heavy atom. The van der Waals surface area contributed by atoms with Gasteiger partial charge in [0.2, 0.25) is 11.8 Å². The first-order valence-corrected chi connectivity index (χ1v) is 9.09. The number of halogens is 1. The number of hydrogen-bond acceptors (Lipinski definition) is 3. The Bertz CT molecular complexity index is 567. The summed E-state index contributed by atoms with van der Waals surface area (Å²) < 4.78 is 13.5. The summed E-state index contributed by atoms with van der Waals surface area (Å²) in [7, 11) is 0. The summed E-state index contributed by atoms with van der Waals surface area (Å²) >= 11 is 1.51. The predicted molar refractivity (Wildman–Crippen MR) is 90.4 cm³/mol. The first kappa shape index (κ1) is 17.8. The van der Waals surface area contributed by atoms with Gasteiger partial charge in [-0.3, -0.25) is 9.59 Å². The highest BCUT2D eigenvalue weighted by Crippen LogP contribution is 2.41. The van der Waals surface area contributed by atoms with E-state index in [1.807, 2.05) is 0 Å². The second kappa shape index (κ2) is 8.34. The topological polar surface area (TPSA) is 49.4 Å². The Morgan fingerprint density at radius 1 is 1.39 bits per heavy atom. The predicted octanol–water partition coefficient (Wildman–Crippen LogP) is 3.09. The standard InChI is InChI=1S/C17H23FN2O2S/c1-3-5-9-19-16(22)14-11-23-17(20(14)15(21)4-2)12-7-6-8-13(18)10-12/h6-8,10,14,17H,3-5,9,11H2,1-2H3,(H,19,22)/t14-,17-/m1/s1. The lowest BCUT2D eigenvalue weighted by Gasteiger charge is -2.28. The van der Waals surface area contributed by atoms with E-state index >= 15 is 0 Å². The molecule has 0 bridgehead atoms. The fraction of sp³-hybridized carbons (Fsp3) is 0.529. The molecule has 1 N–H and O–H groups in total. The normalized spacial score (nSPS) is 20.6. The second-order valence-corrected chi connectivity index (χ2v) is 6.67. The lowest BCUT2D eigenvalue weighted by molar-refractivity contribution is -0.139. The number of carbonyl (C=O) groups excluding carboxylic acids is 2. The van der Waals surface area contributed by atoms with E-state index in [0.29, 0.717) is 18.7 Å². The maximum Gasteiger partial charge on any atom is 0.243 e. The molecular weight excluding hydrogens is 315 g/mol. The Labute approximate surface area is 140 Å². The molecule has 1 fully saturated rings. The summed E-state index contributed by atoms with van der Waals surface area (Å²) in [4.78, 5) is 26.4. The average molecular weight is 338 g/mol. The van der Waals surface area contributed by atoms with Gasteiger partial charge in [0.15, 0.2) is 0 Å². The summed E-state index contributed by atoms with van der Waals surface area (Å²) in [6.07, 6.45) is 2.25. The van der Waals surface area contributed by atoms with Crippen molar-refractivity contribution in [2.75, 3.05) is 12.3 Å². The van der Waals surface area contributed by atoms with E-state index in [1.54, 1.807) is 24.0 Å². The summed E-state index contributed by atoms with van der Waals surface area (Å²) in [5, 5.41) is 2.59. The van der Waals surface area contributed by atoms with Crippen LogP contribution in [0.25, 0.3) is 0 Å². The molecule has 1 aliphatic heterocycles. The molecule has 1 aromatic rings. The van der Waals surface area contributed by atoms with Crippen LogP contribution in [-0.4, -0.2) is 35.1 Å². The fourth-order valence-corrected chi connectivity index (χ4v) is 4.06. The van der Waals surface area contributed by atoms with Crippen LogP contribution in [0.15, 0.2) is 24.3 Å². The van der Waals surface area contributed by atoms with Crippen molar-refractivity contribution in [3.05, 3.63) is 35.6 Å². The van der Waals surface area contributed by atoms with Crippen molar-refractivity contribution in [1.29, 1.82) is 0 Å². The van der Waals surface area contributed by atoms with Crippen molar-refractivity contribution in [1.82, 2.24) is 10.2 Å². The number of hydrogen-bond donors (Lipinski definition) is 1. The quantitative estimate of drug-likeness (QED) is 0.811. The summed E-state index contributed by atoms with van der Waals surface area (Å²) in [6, 6.07) is 5.76. The summed E-state index contributed by atoms with van der Waals surface area (Å²) in [5.74, 6) is -0.000345. The SMILES string of the molecule is CCCCNC(=O)[C@H]1CS[C@H](c2cccc(F)c2)N1C(=O)CC. The van der Waals surface area contributed by atoms with Gasteiger partial charge in [0.05, 0.1) is 0 Å². The minimum absolute atomic E-state index is 0.0834. The molecule has 1 heterocycles. The zero-order valence-corrected chi connectivity index (χ0v) is 14.4. The smallest absolute Gasteiger partial charge is 0.243 e. The molecule has 2 atom stereocenters. The molecule has 126 valence electrons. The number of unbranched alkanes of at least 4 members (excludes halogenated alkanes) is 1. The van der Waals surface area contributed by atoms with Gasteiger partial charge in [0.1, 0.15) is 17.2 Å². The lowest BCUT2D eigenvalue weighted by atomic mass is 10.1. The van der Waals surface area contributed by atoms with Gasteiger partial charge in [0.25, 0.3) is 0 Å². The number of rotatable bonds is 6. The molecule has 2 rings (SSSR count). The highest BCUT2D eigenvalue weighted by atomic mass is 32.2. The maximum absolute atomic E-state index is 13.5. The molecule has 4 nitrogen and oxygen atoms in total.